The second-order valence-electron chi connectivity index (χ2n) is 7.78. The molecule has 0 aliphatic carbocycles. The molecule has 0 saturated heterocycles. The van der Waals surface area contributed by atoms with Crippen molar-refractivity contribution in [2.24, 2.45) is 0 Å². The van der Waals surface area contributed by atoms with Gasteiger partial charge in [0.15, 0.2) is 0 Å². The van der Waals surface area contributed by atoms with Crippen molar-refractivity contribution in [1.29, 1.82) is 0 Å². The molecule has 0 bridgehead atoms. The van der Waals surface area contributed by atoms with Gasteiger partial charge >= 0.3 is 17.1 Å². The van der Waals surface area contributed by atoms with Crippen molar-refractivity contribution in [1.82, 2.24) is 0 Å². The Bertz CT molecular complexity index is 692. The van der Waals surface area contributed by atoms with Crippen LogP contribution in [0.5, 0.6) is 0 Å². The summed E-state index contributed by atoms with van der Waals surface area (Å²) in [7, 11) is -10.5. The minimum atomic E-state index is -3.09. The van der Waals surface area contributed by atoms with E-state index >= 15 is 0 Å². The highest BCUT2D eigenvalue weighted by atomic mass is 35.6. The van der Waals surface area contributed by atoms with Crippen LogP contribution < -0.4 is 10.4 Å². The van der Waals surface area contributed by atoms with E-state index in [1.165, 1.54) is 0 Å². The monoisotopic (exact) mass is 474 g/mol. The highest BCUT2D eigenvalue weighted by Crippen LogP contribution is 2.26. The largest absolute Gasteiger partial charge is 0.425 e. The summed E-state index contributed by atoms with van der Waals surface area (Å²) in [4.78, 5) is 0. The molecule has 0 aromatic heterocycles. The molecule has 0 spiro atoms. The van der Waals surface area contributed by atoms with Gasteiger partial charge in [-0.2, -0.15) is 0 Å². The molecule has 9 heteroatoms. The van der Waals surface area contributed by atoms with Gasteiger partial charge in [-0.3, -0.25) is 0 Å². The van der Waals surface area contributed by atoms with Crippen LogP contribution in [0.4, 0.5) is 0 Å². The Hall–Kier alpha value is -0.232. The van der Waals surface area contributed by atoms with Gasteiger partial charge in [0, 0.05) is 0 Å². The zero-order chi connectivity index (χ0) is 20.3. The van der Waals surface area contributed by atoms with Gasteiger partial charge in [0.25, 0.3) is 15.3 Å². The van der Waals surface area contributed by atoms with Crippen molar-refractivity contribution < 1.29 is 12.3 Å². The summed E-state index contributed by atoms with van der Waals surface area (Å²) in [5, 5.41) is 2.05. The van der Waals surface area contributed by atoms with Crippen LogP contribution in [0.15, 0.2) is 60.7 Å². The van der Waals surface area contributed by atoms with Crippen LogP contribution in [0.1, 0.15) is 0 Å². The van der Waals surface area contributed by atoms with E-state index in [0.29, 0.717) is 0 Å². The Kier molecular flexibility index (Phi) is 7.38. The molecule has 2 aromatic carbocycles. The van der Waals surface area contributed by atoms with Crippen LogP contribution in [0.25, 0.3) is 0 Å². The van der Waals surface area contributed by atoms with E-state index in [9.17, 15) is 0 Å². The average Bonchev–Trinajstić information content (AvgIpc) is 2.52. The lowest BCUT2D eigenvalue weighted by Gasteiger charge is -2.42. The molecular weight excluding hydrogens is 447 g/mol. The SMILES string of the molecule is C[Si](C)(Cl)O[Si](C)(C)O[Si](O[Si](C)(C)Cl)(c1ccccc1)c1ccccc1. The van der Waals surface area contributed by atoms with E-state index in [2.05, 4.69) is 24.3 Å². The summed E-state index contributed by atoms with van der Waals surface area (Å²) in [6.07, 6.45) is 0. The summed E-state index contributed by atoms with van der Waals surface area (Å²) in [5.41, 5.74) is 0. The van der Waals surface area contributed by atoms with E-state index in [1.54, 1.807) is 0 Å². The van der Waals surface area contributed by atoms with Crippen LogP contribution in [-0.4, -0.2) is 32.4 Å². The van der Waals surface area contributed by atoms with E-state index in [4.69, 9.17) is 34.5 Å². The molecule has 27 heavy (non-hydrogen) atoms. The summed E-state index contributed by atoms with van der Waals surface area (Å²) in [5.74, 6) is 0. The topological polar surface area (TPSA) is 27.7 Å². The molecule has 0 radical (unpaired) electrons. The van der Waals surface area contributed by atoms with Crippen molar-refractivity contribution in [3.8, 4) is 0 Å². The first-order valence-corrected chi connectivity index (χ1v) is 21.4. The van der Waals surface area contributed by atoms with Crippen molar-refractivity contribution in [3.63, 3.8) is 0 Å². The minimum absolute atomic E-state index is 1.02. The second kappa shape index (κ2) is 8.64. The Morgan fingerprint density at radius 1 is 0.556 bits per heavy atom. The van der Waals surface area contributed by atoms with Crippen LogP contribution in [0.2, 0.25) is 39.3 Å². The molecule has 0 saturated carbocycles. The van der Waals surface area contributed by atoms with Gasteiger partial charge in [0.05, 0.1) is 0 Å². The number of hydrogen-bond acceptors (Lipinski definition) is 3. The molecule has 0 N–H and O–H groups in total. The predicted molar refractivity (Wildman–Crippen MR) is 125 cm³/mol. The summed E-state index contributed by atoms with van der Waals surface area (Å²) in [6, 6.07) is 20.2. The van der Waals surface area contributed by atoms with E-state index in [0.717, 1.165) is 10.4 Å². The Balaban J connectivity index is 2.65. The molecular formula is C18H28Cl2O3Si4. The maximum Gasteiger partial charge on any atom is 0.388 e. The third kappa shape index (κ3) is 6.95. The molecule has 0 fully saturated rings. The van der Waals surface area contributed by atoms with Crippen molar-refractivity contribution in [3.05, 3.63) is 60.7 Å². The molecule has 2 rings (SSSR count). The van der Waals surface area contributed by atoms with E-state index in [-0.39, 0.29) is 0 Å². The zero-order valence-corrected chi connectivity index (χ0v) is 22.3. The lowest BCUT2D eigenvalue weighted by Crippen LogP contribution is -2.70. The number of benzene rings is 2. The van der Waals surface area contributed by atoms with Gasteiger partial charge in [-0.25, -0.2) is 0 Å². The zero-order valence-electron chi connectivity index (χ0n) is 16.8. The highest BCUT2D eigenvalue weighted by molar-refractivity contribution is 7.20. The fourth-order valence-electron chi connectivity index (χ4n) is 3.03. The molecule has 148 valence electrons. The number of halogens is 2. The molecule has 3 nitrogen and oxygen atoms in total. The van der Waals surface area contributed by atoms with Crippen LogP contribution in [-0.2, 0) is 12.3 Å². The molecule has 2 aromatic rings. The minimum Gasteiger partial charge on any atom is -0.425 e. The quantitative estimate of drug-likeness (QED) is 0.403. The van der Waals surface area contributed by atoms with Gasteiger partial charge in [0.2, 0.25) is 0 Å². The fraction of sp³-hybridized carbons (Fsp3) is 0.333. The van der Waals surface area contributed by atoms with E-state index in [1.807, 2.05) is 75.7 Å². The third-order valence-electron chi connectivity index (χ3n) is 3.57. The van der Waals surface area contributed by atoms with Crippen molar-refractivity contribution in [2.45, 2.75) is 39.3 Å². The van der Waals surface area contributed by atoms with Crippen molar-refractivity contribution in [2.75, 3.05) is 0 Å². The Labute approximate surface area is 176 Å². The standard InChI is InChI=1S/C18H28Cl2O3Si4/c1-24(2,19)21-26(5,6)23-27(22-25(3,4)20,17-13-9-7-10-14-17)18-15-11-8-12-16-18/h7-16H,1-6H3. The maximum absolute atomic E-state index is 6.88. The number of rotatable bonds is 8. The lowest BCUT2D eigenvalue weighted by atomic mass is 10.4. The Morgan fingerprint density at radius 3 is 1.26 bits per heavy atom. The molecule has 0 aliphatic rings. The highest BCUT2D eigenvalue weighted by Gasteiger charge is 2.51. The summed E-state index contributed by atoms with van der Waals surface area (Å²) < 4.78 is 19.9. The summed E-state index contributed by atoms with van der Waals surface area (Å²) >= 11 is 13.2. The normalized spacial score (nSPS) is 13.6. The summed E-state index contributed by atoms with van der Waals surface area (Å²) in [6.45, 7) is 11.9. The van der Waals surface area contributed by atoms with Crippen molar-refractivity contribution >= 4 is 64.9 Å². The lowest BCUT2D eigenvalue weighted by molar-refractivity contribution is 0.348. The smallest absolute Gasteiger partial charge is 0.388 e. The molecule has 0 atom stereocenters. The average molecular weight is 476 g/mol. The molecule has 0 heterocycles. The van der Waals surface area contributed by atoms with Gasteiger partial charge in [0.1, 0.15) is 0 Å². The molecule has 0 amide bonds. The van der Waals surface area contributed by atoms with E-state index < -0.39 is 32.4 Å². The molecule has 0 aliphatic heterocycles. The van der Waals surface area contributed by atoms with Crippen LogP contribution in [0, 0.1) is 0 Å². The first-order valence-electron chi connectivity index (χ1n) is 8.92. The second-order valence-corrected chi connectivity index (χ2v) is 26.3. The first-order chi connectivity index (χ1) is 12.3. The maximum atomic E-state index is 6.88. The van der Waals surface area contributed by atoms with Gasteiger partial charge in [-0.1, -0.05) is 60.7 Å². The van der Waals surface area contributed by atoms with Gasteiger partial charge in [-0.15, -0.1) is 22.2 Å². The first kappa shape index (κ1) is 23.1. The third-order valence-corrected chi connectivity index (χ3v) is 17.3. The molecule has 0 unspecified atom stereocenters. The van der Waals surface area contributed by atoms with Gasteiger partial charge in [-0.05, 0) is 49.7 Å². The van der Waals surface area contributed by atoms with Crippen LogP contribution in [0.3, 0.4) is 0 Å². The Morgan fingerprint density at radius 2 is 0.926 bits per heavy atom. The fourth-order valence-corrected chi connectivity index (χ4v) is 20.4. The van der Waals surface area contributed by atoms with Gasteiger partial charge < -0.3 is 12.3 Å². The predicted octanol–water partition coefficient (Wildman–Crippen LogP) is 4.88. The number of hydrogen-bond donors (Lipinski definition) is 0. The van der Waals surface area contributed by atoms with Crippen LogP contribution >= 0.6 is 22.2 Å².